The number of benzene rings is 1. The molecule has 1 amide bonds. The van der Waals surface area contributed by atoms with E-state index < -0.39 is 5.60 Å². The quantitative estimate of drug-likeness (QED) is 0.678. The summed E-state index contributed by atoms with van der Waals surface area (Å²) in [5.41, 5.74) is 1.49. The van der Waals surface area contributed by atoms with Crippen molar-refractivity contribution in [3.63, 3.8) is 0 Å². The van der Waals surface area contributed by atoms with Crippen LogP contribution in [0.1, 0.15) is 5.56 Å². The first-order valence-electron chi connectivity index (χ1n) is 5.55. The van der Waals surface area contributed by atoms with Crippen LogP contribution in [0.2, 0.25) is 0 Å². The molecule has 1 aromatic rings. The SMILES string of the molecule is C=C1C=CCO[C@@]12C(=O)N(C)c1ccccc12. The number of anilines is 1. The van der Waals surface area contributed by atoms with Crippen molar-refractivity contribution in [1.82, 2.24) is 0 Å². The Labute approximate surface area is 100.0 Å². The molecule has 0 aliphatic carbocycles. The summed E-state index contributed by atoms with van der Waals surface area (Å²) in [6.45, 7) is 4.41. The summed E-state index contributed by atoms with van der Waals surface area (Å²) in [4.78, 5) is 14.1. The highest BCUT2D eigenvalue weighted by atomic mass is 16.5. The third-order valence-electron chi connectivity index (χ3n) is 3.42. The van der Waals surface area contributed by atoms with Gasteiger partial charge in [0.15, 0.2) is 5.60 Å². The third-order valence-corrected chi connectivity index (χ3v) is 3.42. The number of hydrogen-bond donors (Lipinski definition) is 0. The second kappa shape index (κ2) is 3.31. The van der Waals surface area contributed by atoms with Gasteiger partial charge < -0.3 is 9.64 Å². The summed E-state index contributed by atoms with van der Waals surface area (Å²) in [5, 5.41) is 0. The van der Waals surface area contributed by atoms with Crippen molar-refractivity contribution in [3.8, 4) is 0 Å². The molecule has 2 aliphatic rings. The molecule has 3 rings (SSSR count). The minimum atomic E-state index is -1.000. The Morgan fingerprint density at radius 1 is 1.41 bits per heavy atom. The molecule has 17 heavy (non-hydrogen) atoms. The standard InChI is InChI=1S/C14H13NO2/c1-10-6-5-9-17-14(10)11-7-3-4-8-12(11)15(2)13(14)16/h3-8H,1,9H2,2H3/t14-/m0/s1. The molecule has 0 saturated heterocycles. The first-order valence-corrected chi connectivity index (χ1v) is 5.55. The number of hydrogen-bond acceptors (Lipinski definition) is 2. The fourth-order valence-corrected chi connectivity index (χ4v) is 2.55. The summed E-state index contributed by atoms with van der Waals surface area (Å²) in [6.07, 6.45) is 3.75. The van der Waals surface area contributed by atoms with Gasteiger partial charge in [0.05, 0.1) is 12.3 Å². The molecule has 0 bridgehead atoms. The predicted octanol–water partition coefficient (Wildman–Crippen LogP) is 2.00. The summed E-state index contributed by atoms with van der Waals surface area (Å²) in [6, 6.07) is 7.70. The van der Waals surface area contributed by atoms with Crippen LogP contribution in [0.5, 0.6) is 0 Å². The van der Waals surface area contributed by atoms with Crippen molar-refractivity contribution in [2.24, 2.45) is 0 Å². The van der Waals surface area contributed by atoms with Crippen LogP contribution >= 0.6 is 0 Å². The second-order valence-corrected chi connectivity index (χ2v) is 4.30. The Bertz CT molecular complexity index is 547. The fourth-order valence-electron chi connectivity index (χ4n) is 2.55. The molecule has 1 aromatic carbocycles. The zero-order valence-corrected chi connectivity index (χ0v) is 9.64. The van der Waals surface area contributed by atoms with Gasteiger partial charge >= 0.3 is 0 Å². The van der Waals surface area contributed by atoms with Gasteiger partial charge in [-0.3, -0.25) is 4.79 Å². The van der Waals surface area contributed by atoms with Crippen LogP contribution < -0.4 is 4.90 Å². The van der Waals surface area contributed by atoms with Gasteiger partial charge in [0, 0.05) is 12.6 Å². The van der Waals surface area contributed by atoms with E-state index in [4.69, 9.17) is 4.74 Å². The van der Waals surface area contributed by atoms with Crippen LogP contribution in [-0.2, 0) is 15.1 Å². The molecule has 3 nitrogen and oxygen atoms in total. The van der Waals surface area contributed by atoms with Gasteiger partial charge in [0.25, 0.3) is 5.91 Å². The minimum absolute atomic E-state index is 0.0620. The van der Waals surface area contributed by atoms with E-state index in [9.17, 15) is 4.79 Å². The van der Waals surface area contributed by atoms with Gasteiger partial charge in [-0.15, -0.1) is 0 Å². The normalized spacial score (nSPS) is 26.8. The number of carbonyl (C=O) groups excluding carboxylic acids is 1. The van der Waals surface area contributed by atoms with Crippen molar-refractivity contribution in [3.05, 3.63) is 54.1 Å². The molecule has 0 N–H and O–H groups in total. The van der Waals surface area contributed by atoms with Crippen molar-refractivity contribution < 1.29 is 9.53 Å². The highest BCUT2D eigenvalue weighted by molar-refractivity contribution is 6.09. The lowest BCUT2D eigenvalue weighted by atomic mass is 9.86. The summed E-state index contributed by atoms with van der Waals surface area (Å²) >= 11 is 0. The number of nitrogens with zero attached hydrogens (tertiary/aromatic N) is 1. The molecule has 0 aromatic heterocycles. The Morgan fingerprint density at radius 3 is 2.94 bits per heavy atom. The largest absolute Gasteiger partial charge is 0.352 e. The highest BCUT2D eigenvalue weighted by Crippen LogP contribution is 2.47. The average molecular weight is 227 g/mol. The molecule has 0 saturated carbocycles. The lowest BCUT2D eigenvalue weighted by Gasteiger charge is -2.31. The van der Waals surface area contributed by atoms with Gasteiger partial charge in [-0.05, 0) is 11.6 Å². The lowest BCUT2D eigenvalue weighted by Crippen LogP contribution is -2.43. The number of fused-ring (bicyclic) bond motifs is 2. The van der Waals surface area contributed by atoms with E-state index >= 15 is 0 Å². The van der Waals surface area contributed by atoms with Crippen LogP contribution in [0.15, 0.2) is 48.6 Å². The zero-order chi connectivity index (χ0) is 12.0. The van der Waals surface area contributed by atoms with E-state index in [1.54, 1.807) is 11.9 Å². The molecule has 2 aliphatic heterocycles. The number of amides is 1. The van der Waals surface area contributed by atoms with Crippen LogP contribution in [0.4, 0.5) is 5.69 Å². The number of para-hydroxylation sites is 1. The highest BCUT2D eigenvalue weighted by Gasteiger charge is 2.52. The predicted molar refractivity (Wildman–Crippen MR) is 65.8 cm³/mol. The molecule has 1 atom stereocenters. The summed E-state index contributed by atoms with van der Waals surface area (Å²) in [5.74, 6) is -0.0620. The molecule has 2 heterocycles. The lowest BCUT2D eigenvalue weighted by molar-refractivity contribution is -0.137. The Hall–Kier alpha value is -1.87. The van der Waals surface area contributed by atoms with Crippen LogP contribution in [0, 0.1) is 0 Å². The average Bonchev–Trinajstić information content (AvgIpc) is 2.57. The molecule has 3 heteroatoms. The van der Waals surface area contributed by atoms with E-state index in [0.29, 0.717) is 12.2 Å². The van der Waals surface area contributed by atoms with Gasteiger partial charge in [-0.25, -0.2) is 0 Å². The molecular formula is C14H13NO2. The maximum absolute atomic E-state index is 12.5. The first kappa shape index (κ1) is 10.3. The van der Waals surface area contributed by atoms with Crippen molar-refractivity contribution in [1.29, 1.82) is 0 Å². The monoisotopic (exact) mass is 227 g/mol. The van der Waals surface area contributed by atoms with E-state index in [1.807, 2.05) is 36.4 Å². The van der Waals surface area contributed by atoms with Gasteiger partial charge in [-0.1, -0.05) is 36.9 Å². The fraction of sp³-hybridized carbons (Fsp3) is 0.214. The summed E-state index contributed by atoms with van der Waals surface area (Å²) in [7, 11) is 1.77. The maximum atomic E-state index is 12.5. The van der Waals surface area contributed by atoms with Crippen LogP contribution in [0.3, 0.4) is 0 Å². The van der Waals surface area contributed by atoms with Gasteiger partial charge in [0.1, 0.15) is 0 Å². The Kier molecular flexibility index (Phi) is 2.00. The topological polar surface area (TPSA) is 29.5 Å². The number of carbonyl (C=O) groups is 1. The van der Waals surface area contributed by atoms with E-state index in [1.165, 1.54) is 0 Å². The number of ether oxygens (including phenoxy) is 1. The van der Waals surface area contributed by atoms with Crippen molar-refractivity contribution >= 4 is 11.6 Å². The molecule has 86 valence electrons. The number of likely N-dealkylation sites (N-methyl/N-ethyl adjacent to an activating group) is 1. The molecule has 0 fully saturated rings. The Balaban J connectivity index is 2.28. The molecule has 1 spiro atoms. The van der Waals surface area contributed by atoms with E-state index in [2.05, 4.69) is 6.58 Å². The van der Waals surface area contributed by atoms with Crippen LogP contribution in [-0.4, -0.2) is 19.6 Å². The first-order chi connectivity index (χ1) is 8.18. The smallest absolute Gasteiger partial charge is 0.268 e. The minimum Gasteiger partial charge on any atom is -0.352 e. The Morgan fingerprint density at radius 2 is 2.18 bits per heavy atom. The van der Waals surface area contributed by atoms with Gasteiger partial charge in [0.2, 0.25) is 0 Å². The van der Waals surface area contributed by atoms with Gasteiger partial charge in [-0.2, -0.15) is 0 Å². The third kappa shape index (κ3) is 1.12. The van der Waals surface area contributed by atoms with Crippen molar-refractivity contribution in [2.75, 3.05) is 18.6 Å². The van der Waals surface area contributed by atoms with E-state index in [0.717, 1.165) is 11.3 Å². The maximum Gasteiger partial charge on any atom is 0.268 e. The molecule has 0 unspecified atom stereocenters. The van der Waals surface area contributed by atoms with Crippen molar-refractivity contribution in [2.45, 2.75) is 5.60 Å². The molecular weight excluding hydrogens is 214 g/mol. The van der Waals surface area contributed by atoms with Crippen LogP contribution in [0.25, 0.3) is 0 Å². The summed E-state index contributed by atoms with van der Waals surface area (Å²) < 4.78 is 5.77. The van der Waals surface area contributed by atoms with E-state index in [-0.39, 0.29) is 5.91 Å². The zero-order valence-electron chi connectivity index (χ0n) is 9.64. The molecule has 0 radical (unpaired) electrons. The number of rotatable bonds is 0. The second-order valence-electron chi connectivity index (χ2n) is 4.30.